The predicted molar refractivity (Wildman–Crippen MR) is 60.0 cm³/mol. The van der Waals surface area contributed by atoms with Gasteiger partial charge in [-0.2, -0.15) is 0 Å². The first kappa shape index (κ1) is 13.9. The van der Waals surface area contributed by atoms with Crippen molar-refractivity contribution < 1.29 is 19.7 Å². The van der Waals surface area contributed by atoms with Crippen LogP contribution in [0.4, 0.5) is 0 Å². The minimum Gasteiger partial charge on any atom is -0.394 e. The highest BCUT2D eigenvalue weighted by Gasteiger charge is 2.37. The van der Waals surface area contributed by atoms with Crippen LogP contribution < -0.4 is 5.73 Å². The lowest BCUT2D eigenvalue weighted by molar-refractivity contribution is -0.0922. The van der Waals surface area contributed by atoms with Crippen molar-refractivity contribution in [2.75, 3.05) is 20.3 Å². The average molecular weight is 233 g/mol. The van der Waals surface area contributed by atoms with E-state index in [9.17, 15) is 10.2 Å². The van der Waals surface area contributed by atoms with E-state index in [1.165, 1.54) is 0 Å². The van der Waals surface area contributed by atoms with E-state index in [4.69, 9.17) is 15.2 Å². The summed E-state index contributed by atoms with van der Waals surface area (Å²) in [6.45, 7) is 2.30. The first-order valence-corrected chi connectivity index (χ1v) is 5.82. The van der Waals surface area contributed by atoms with Gasteiger partial charge in [0, 0.05) is 19.1 Å². The minimum absolute atomic E-state index is 0.0947. The van der Waals surface area contributed by atoms with Crippen LogP contribution in [0, 0.1) is 5.92 Å². The second-order valence-electron chi connectivity index (χ2n) is 4.40. The van der Waals surface area contributed by atoms with Crippen molar-refractivity contribution in [2.45, 2.75) is 44.1 Å². The van der Waals surface area contributed by atoms with E-state index in [1.807, 2.05) is 6.92 Å². The summed E-state index contributed by atoms with van der Waals surface area (Å²) in [4.78, 5) is 0. The standard InChI is InChI=1S/C11H23NO4/c1-3-8-10(5-13)16-7(6-15-2)4-9(12)11(8)14/h7-11,13-14H,3-6,12H2,1-2H3. The van der Waals surface area contributed by atoms with Gasteiger partial charge in [-0.15, -0.1) is 0 Å². The molecule has 1 heterocycles. The van der Waals surface area contributed by atoms with Crippen LogP contribution >= 0.6 is 0 Å². The maximum Gasteiger partial charge on any atom is 0.0863 e. The third-order valence-electron chi connectivity index (χ3n) is 3.26. The molecule has 5 atom stereocenters. The zero-order valence-electron chi connectivity index (χ0n) is 10.0. The van der Waals surface area contributed by atoms with Gasteiger partial charge >= 0.3 is 0 Å². The Kier molecular flexibility index (Phi) is 5.64. The molecule has 5 nitrogen and oxygen atoms in total. The van der Waals surface area contributed by atoms with Gasteiger partial charge in [-0.25, -0.2) is 0 Å². The lowest BCUT2D eigenvalue weighted by Gasteiger charge is -2.28. The largest absolute Gasteiger partial charge is 0.394 e. The summed E-state index contributed by atoms with van der Waals surface area (Å²) >= 11 is 0. The quantitative estimate of drug-likeness (QED) is 0.609. The highest BCUT2D eigenvalue weighted by molar-refractivity contribution is 4.89. The molecule has 4 N–H and O–H groups in total. The molecule has 0 aromatic heterocycles. The van der Waals surface area contributed by atoms with E-state index in [2.05, 4.69) is 0 Å². The molecule has 0 radical (unpaired) electrons. The van der Waals surface area contributed by atoms with Crippen molar-refractivity contribution in [3.05, 3.63) is 0 Å². The molecule has 1 saturated heterocycles. The Morgan fingerprint density at radius 1 is 1.50 bits per heavy atom. The van der Waals surface area contributed by atoms with E-state index in [0.717, 1.165) is 6.42 Å². The second kappa shape index (κ2) is 6.51. The van der Waals surface area contributed by atoms with Crippen molar-refractivity contribution in [1.82, 2.24) is 0 Å². The Balaban J connectivity index is 2.74. The molecule has 0 aromatic carbocycles. The molecular weight excluding hydrogens is 210 g/mol. The Morgan fingerprint density at radius 2 is 2.19 bits per heavy atom. The summed E-state index contributed by atoms with van der Waals surface area (Å²) in [5.74, 6) is -0.109. The maximum atomic E-state index is 10.0. The number of aliphatic hydroxyl groups excluding tert-OH is 2. The summed E-state index contributed by atoms with van der Waals surface area (Å²) in [5.41, 5.74) is 5.91. The topological polar surface area (TPSA) is 84.9 Å². The summed E-state index contributed by atoms with van der Waals surface area (Å²) in [6, 6.07) is -0.318. The highest BCUT2D eigenvalue weighted by atomic mass is 16.5. The van der Waals surface area contributed by atoms with Gasteiger partial charge in [-0.1, -0.05) is 6.92 Å². The molecule has 0 amide bonds. The Hall–Kier alpha value is -0.200. The first-order chi connectivity index (χ1) is 7.63. The van der Waals surface area contributed by atoms with Crippen LogP contribution in [0.3, 0.4) is 0 Å². The highest BCUT2D eigenvalue weighted by Crippen LogP contribution is 2.26. The fourth-order valence-electron chi connectivity index (χ4n) is 2.36. The molecule has 1 fully saturated rings. The van der Waals surface area contributed by atoms with Crippen molar-refractivity contribution >= 4 is 0 Å². The van der Waals surface area contributed by atoms with Gasteiger partial charge in [0.1, 0.15) is 0 Å². The monoisotopic (exact) mass is 233 g/mol. The molecule has 0 bridgehead atoms. The molecule has 5 unspecified atom stereocenters. The van der Waals surface area contributed by atoms with E-state index in [1.54, 1.807) is 7.11 Å². The van der Waals surface area contributed by atoms with Gasteiger partial charge in [0.25, 0.3) is 0 Å². The van der Waals surface area contributed by atoms with Gasteiger partial charge in [-0.3, -0.25) is 0 Å². The van der Waals surface area contributed by atoms with Gasteiger partial charge in [-0.05, 0) is 12.8 Å². The van der Waals surface area contributed by atoms with Crippen molar-refractivity contribution in [3.63, 3.8) is 0 Å². The molecule has 16 heavy (non-hydrogen) atoms. The fraction of sp³-hybridized carbons (Fsp3) is 1.00. The van der Waals surface area contributed by atoms with Crippen LogP contribution in [0.5, 0.6) is 0 Å². The summed E-state index contributed by atoms with van der Waals surface area (Å²) in [6.07, 6.45) is 0.169. The normalized spacial score (nSPS) is 40.7. The number of hydrogen-bond donors (Lipinski definition) is 3. The van der Waals surface area contributed by atoms with Crippen LogP contribution in [0.15, 0.2) is 0 Å². The zero-order valence-corrected chi connectivity index (χ0v) is 10.0. The number of aliphatic hydroxyl groups is 2. The van der Waals surface area contributed by atoms with E-state index in [-0.39, 0.29) is 30.8 Å². The third-order valence-corrected chi connectivity index (χ3v) is 3.26. The van der Waals surface area contributed by atoms with Crippen LogP contribution in [0.1, 0.15) is 19.8 Å². The Labute approximate surface area is 96.5 Å². The molecule has 0 aliphatic carbocycles. The Morgan fingerprint density at radius 3 is 2.69 bits per heavy atom. The SMILES string of the molecule is CCC1C(CO)OC(COC)CC(N)C1O. The summed E-state index contributed by atoms with van der Waals surface area (Å²) in [5, 5.41) is 19.3. The molecule has 5 heteroatoms. The molecule has 0 spiro atoms. The van der Waals surface area contributed by atoms with Gasteiger partial charge < -0.3 is 25.4 Å². The molecular formula is C11H23NO4. The second-order valence-corrected chi connectivity index (χ2v) is 4.40. The van der Waals surface area contributed by atoms with Crippen LogP contribution in [-0.4, -0.2) is 54.9 Å². The molecule has 96 valence electrons. The van der Waals surface area contributed by atoms with Crippen LogP contribution in [0.25, 0.3) is 0 Å². The number of ether oxygens (including phenoxy) is 2. The lowest BCUT2D eigenvalue weighted by Crippen LogP contribution is -2.43. The molecule has 1 rings (SSSR count). The summed E-state index contributed by atoms with van der Waals surface area (Å²) in [7, 11) is 1.60. The van der Waals surface area contributed by atoms with E-state index >= 15 is 0 Å². The molecule has 1 aliphatic heterocycles. The van der Waals surface area contributed by atoms with E-state index in [0.29, 0.717) is 13.0 Å². The number of nitrogens with two attached hydrogens (primary N) is 1. The maximum absolute atomic E-state index is 10.0. The summed E-state index contributed by atoms with van der Waals surface area (Å²) < 4.78 is 10.8. The van der Waals surface area contributed by atoms with Gasteiger partial charge in [0.05, 0.1) is 31.5 Å². The average Bonchev–Trinajstić information content (AvgIpc) is 2.38. The molecule has 1 aliphatic rings. The van der Waals surface area contributed by atoms with Gasteiger partial charge in [0.2, 0.25) is 0 Å². The Bertz CT molecular complexity index is 202. The number of methoxy groups -OCH3 is 1. The number of rotatable bonds is 4. The number of hydrogen-bond acceptors (Lipinski definition) is 5. The van der Waals surface area contributed by atoms with Crippen molar-refractivity contribution in [3.8, 4) is 0 Å². The smallest absolute Gasteiger partial charge is 0.0863 e. The molecule has 0 saturated carbocycles. The van der Waals surface area contributed by atoms with E-state index < -0.39 is 6.10 Å². The third kappa shape index (κ3) is 3.15. The lowest BCUT2D eigenvalue weighted by atomic mass is 9.89. The minimum atomic E-state index is -0.621. The van der Waals surface area contributed by atoms with Crippen molar-refractivity contribution in [2.24, 2.45) is 11.7 Å². The molecule has 0 aromatic rings. The van der Waals surface area contributed by atoms with Gasteiger partial charge in [0.15, 0.2) is 0 Å². The van der Waals surface area contributed by atoms with Crippen LogP contribution in [-0.2, 0) is 9.47 Å². The first-order valence-electron chi connectivity index (χ1n) is 5.82. The zero-order chi connectivity index (χ0) is 12.1. The van der Waals surface area contributed by atoms with Crippen molar-refractivity contribution in [1.29, 1.82) is 0 Å². The van der Waals surface area contributed by atoms with Crippen LogP contribution in [0.2, 0.25) is 0 Å². The fourth-order valence-corrected chi connectivity index (χ4v) is 2.36. The predicted octanol–water partition coefficient (Wildman–Crippen LogP) is -0.503.